The molecule has 0 spiro atoms. The zero-order valence-electron chi connectivity index (χ0n) is 8.01. The van der Waals surface area contributed by atoms with Crippen LogP contribution in [0.25, 0.3) is 0 Å². The van der Waals surface area contributed by atoms with Crippen LogP contribution in [0.15, 0.2) is 18.3 Å². The third kappa shape index (κ3) is 2.66. The van der Waals surface area contributed by atoms with Crippen molar-refractivity contribution in [2.75, 3.05) is 18.1 Å². The quantitative estimate of drug-likeness (QED) is 0.742. The van der Waals surface area contributed by atoms with Crippen LogP contribution in [0.4, 0.5) is 5.82 Å². The molecule has 4 heteroatoms. The molecule has 0 saturated heterocycles. The highest BCUT2D eigenvalue weighted by atomic mass is 16.3. The summed E-state index contributed by atoms with van der Waals surface area (Å²) in [4.78, 5) is 2.01. The minimum atomic E-state index is 0.134. The third-order valence-corrected chi connectivity index (χ3v) is 1.82. The SMILES string of the molecule is CC(C)N(CCO)c1cccnn1. The van der Waals surface area contributed by atoms with Crippen molar-refractivity contribution in [2.24, 2.45) is 0 Å². The smallest absolute Gasteiger partial charge is 0.151 e. The van der Waals surface area contributed by atoms with E-state index in [1.807, 2.05) is 17.0 Å². The maximum atomic E-state index is 8.86. The molecular weight excluding hydrogens is 166 g/mol. The van der Waals surface area contributed by atoms with Gasteiger partial charge in [0.1, 0.15) is 0 Å². The maximum Gasteiger partial charge on any atom is 0.151 e. The van der Waals surface area contributed by atoms with Crippen LogP contribution in [0.1, 0.15) is 13.8 Å². The van der Waals surface area contributed by atoms with Crippen molar-refractivity contribution in [3.05, 3.63) is 18.3 Å². The first-order chi connectivity index (χ1) is 6.25. The lowest BCUT2D eigenvalue weighted by Gasteiger charge is -2.26. The van der Waals surface area contributed by atoms with E-state index >= 15 is 0 Å². The van der Waals surface area contributed by atoms with E-state index in [0.29, 0.717) is 12.6 Å². The number of hydrogen-bond donors (Lipinski definition) is 1. The fraction of sp³-hybridized carbons (Fsp3) is 0.556. The molecule has 1 aromatic rings. The highest BCUT2D eigenvalue weighted by Crippen LogP contribution is 2.10. The normalized spacial score (nSPS) is 10.5. The van der Waals surface area contributed by atoms with E-state index in [1.54, 1.807) is 6.20 Å². The molecule has 0 aromatic carbocycles. The first-order valence-electron chi connectivity index (χ1n) is 4.41. The molecule has 1 heterocycles. The summed E-state index contributed by atoms with van der Waals surface area (Å²) in [5.41, 5.74) is 0. The summed E-state index contributed by atoms with van der Waals surface area (Å²) in [5, 5.41) is 16.6. The number of anilines is 1. The van der Waals surface area contributed by atoms with Gasteiger partial charge in [-0.25, -0.2) is 0 Å². The highest BCUT2D eigenvalue weighted by molar-refractivity contribution is 5.37. The number of hydrogen-bond acceptors (Lipinski definition) is 4. The monoisotopic (exact) mass is 181 g/mol. The van der Waals surface area contributed by atoms with Crippen LogP contribution in [0.3, 0.4) is 0 Å². The lowest BCUT2D eigenvalue weighted by atomic mass is 10.3. The Morgan fingerprint density at radius 2 is 2.31 bits per heavy atom. The fourth-order valence-electron chi connectivity index (χ4n) is 1.19. The summed E-state index contributed by atoms with van der Waals surface area (Å²) in [6, 6.07) is 4.06. The van der Waals surface area contributed by atoms with Gasteiger partial charge in [0.25, 0.3) is 0 Å². The largest absolute Gasteiger partial charge is 0.395 e. The van der Waals surface area contributed by atoms with Crippen LogP contribution >= 0.6 is 0 Å². The number of aliphatic hydroxyl groups is 1. The average Bonchev–Trinajstić information content (AvgIpc) is 2.15. The molecule has 0 unspecified atom stereocenters. The summed E-state index contributed by atoms with van der Waals surface area (Å²) >= 11 is 0. The van der Waals surface area contributed by atoms with Gasteiger partial charge < -0.3 is 10.0 Å². The van der Waals surface area contributed by atoms with Gasteiger partial charge in [-0.2, -0.15) is 5.10 Å². The maximum absolute atomic E-state index is 8.86. The summed E-state index contributed by atoms with van der Waals surface area (Å²) in [6.45, 7) is 4.85. The molecule has 0 bridgehead atoms. The Hall–Kier alpha value is -1.16. The minimum Gasteiger partial charge on any atom is -0.395 e. The average molecular weight is 181 g/mol. The zero-order chi connectivity index (χ0) is 9.68. The second kappa shape index (κ2) is 4.77. The molecule has 0 amide bonds. The van der Waals surface area contributed by atoms with Crippen molar-refractivity contribution in [3.63, 3.8) is 0 Å². The molecule has 0 fully saturated rings. The molecule has 0 aliphatic rings. The predicted molar refractivity (Wildman–Crippen MR) is 51.6 cm³/mol. The molecule has 4 nitrogen and oxygen atoms in total. The van der Waals surface area contributed by atoms with Gasteiger partial charge in [0.05, 0.1) is 6.61 Å². The Morgan fingerprint density at radius 1 is 1.54 bits per heavy atom. The summed E-state index contributed by atoms with van der Waals surface area (Å²) in [6.07, 6.45) is 1.64. The highest BCUT2D eigenvalue weighted by Gasteiger charge is 2.10. The van der Waals surface area contributed by atoms with Crippen molar-refractivity contribution < 1.29 is 5.11 Å². The van der Waals surface area contributed by atoms with Crippen LogP contribution in [-0.4, -0.2) is 34.5 Å². The van der Waals surface area contributed by atoms with Crippen LogP contribution in [0.2, 0.25) is 0 Å². The molecular formula is C9H15N3O. The number of aromatic nitrogens is 2. The number of nitrogens with zero attached hydrogens (tertiary/aromatic N) is 3. The van der Waals surface area contributed by atoms with Crippen molar-refractivity contribution in [1.82, 2.24) is 10.2 Å². The summed E-state index contributed by atoms with van der Waals surface area (Å²) < 4.78 is 0. The molecule has 0 saturated carbocycles. The molecule has 72 valence electrons. The molecule has 0 radical (unpaired) electrons. The Morgan fingerprint density at radius 3 is 2.77 bits per heavy atom. The summed E-state index contributed by atoms with van der Waals surface area (Å²) in [5.74, 6) is 0.812. The van der Waals surface area contributed by atoms with Crippen molar-refractivity contribution in [3.8, 4) is 0 Å². The minimum absolute atomic E-state index is 0.134. The van der Waals surface area contributed by atoms with E-state index in [4.69, 9.17) is 5.11 Å². The van der Waals surface area contributed by atoms with E-state index < -0.39 is 0 Å². The standard InChI is InChI=1S/C9H15N3O/c1-8(2)12(6-7-13)9-4-3-5-10-11-9/h3-5,8,13H,6-7H2,1-2H3. The van der Waals surface area contributed by atoms with Crippen LogP contribution in [0, 0.1) is 0 Å². The predicted octanol–water partition coefficient (Wildman–Crippen LogP) is 0.684. The van der Waals surface area contributed by atoms with E-state index in [2.05, 4.69) is 24.0 Å². The Bertz CT molecular complexity index is 238. The van der Waals surface area contributed by atoms with E-state index in [0.717, 1.165) is 5.82 Å². The molecule has 1 rings (SSSR count). The van der Waals surface area contributed by atoms with Gasteiger partial charge in [0.2, 0.25) is 0 Å². The number of aliphatic hydroxyl groups excluding tert-OH is 1. The lowest BCUT2D eigenvalue weighted by Crippen LogP contribution is -2.34. The molecule has 1 N–H and O–H groups in total. The van der Waals surface area contributed by atoms with E-state index in [-0.39, 0.29) is 6.61 Å². The van der Waals surface area contributed by atoms with Crippen molar-refractivity contribution in [1.29, 1.82) is 0 Å². The van der Waals surface area contributed by atoms with Gasteiger partial charge in [0, 0.05) is 18.8 Å². The van der Waals surface area contributed by atoms with Gasteiger partial charge in [0.15, 0.2) is 5.82 Å². The zero-order valence-corrected chi connectivity index (χ0v) is 8.01. The molecule has 0 aliphatic carbocycles. The van der Waals surface area contributed by atoms with E-state index in [1.165, 1.54) is 0 Å². The molecule has 0 atom stereocenters. The molecule has 1 aromatic heterocycles. The van der Waals surface area contributed by atoms with Crippen LogP contribution in [-0.2, 0) is 0 Å². The second-order valence-electron chi connectivity index (χ2n) is 3.09. The number of rotatable bonds is 4. The Labute approximate surface area is 78.2 Å². The first kappa shape index (κ1) is 9.92. The van der Waals surface area contributed by atoms with Gasteiger partial charge in [-0.1, -0.05) is 0 Å². The van der Waals surface area contributed by atoms with Gasteiger partial charge in [-0.3, -0.25) is 0 Å². The molecule has 0 aliphatic heterocycles. The topological polar surface area (TPSA) is 49.2 Å². The van der Waals surface area contributed by atoms with Crippen LogP contribution < -0.4 is 4.90 Å². The first-order valence-corrected chi connectivity index (χ1v) is 4.41. The fourth-order valence-corrected chi connectivity index (χ4v) is 1.19. The van der Waals surface area contributed by atoms with Crippen molar-refractivity contribution in [2.45, 2.75) is 19.9 Å². The Balaban J connectivity index is 2.76. The lowest BCUT2D eigenvalue weighted by molar-refractivity contribution is 0.298. The van der Waals surface area contributed by atoms with E-state index in [9.17, 15) is 0 Å². The Kier molecular flexibility index (Phi) is 3.64. The summed E-state index contributed by atoms with van der Waals surface area (Å²) in [7, 11) is 0. The van der Waals surface area contributed by atoms with Crippen LogP contribution in [0.5, 0.6) is 0 Å². The van der Waals surface area contributed by atoms with Gasteiger partial charge in [-0.05, 0) is 26.0 Å². The molecule has 13 heavy (non-hydrogen) atoms. The van der Waals surface area contributed by atoms with Crippen molar-refractivity contribution >= 4 is 5.82 Å². The third-order valence-electron chi connectivity index (χ3n) is 1.82. The van der Waals surface area contributed by atoms with Gasteiger partial charge in [-0.15, -0.1) is 5.10 Å². The second-order valence-corrected chi connectivity index (χ2v) is 3.09. The van der Waals surface area contributed by atoms with Gasteiger partial charge >= 0.3 is 0 Å².